The van der Waals surface area contributed by atoms with Gasteiger partial charge in [0.25, 0.3) is 0 Å². The Bertz CT molecular complexity index is 932. The molecule has 0 bridgehead atoms. The lowest BCUT2D eigenvalue weighted by Crippen LogP contribution is -2.69. The van der Waals surface area contributed by atoms with E-state index in [0.717, 1.165) is 0 Å². The van der Waals surface area contributed by atoms with Crippen molar-refractivity contribution in [2.45, 2.75) is 111 Å². The second-order valence-corrected chi connectivity index (χ2v) is 11.7. The number of nitrogens with two attached hydrogens (primary N) is 4. The Hall–Kier alpha value is -1.45. The summed E-state index contributed by atoms with van der Waals surface area (Å²) in [4.78, 5) is 12.6. The van der Waals surface area contributed by atoms with Crippen LogP contribution in [0.25, 0.3) is 0 Å². The number of amides is 2. The number of carbonyl (C=O) groups is 1. The van der Waals surface area contributed by atoms with E-state index in [2.05, 4.69) is 10.6 Å². The molecular formula is C25H51N7O14. The van der Waals surface area contributed by atoms with Crippen LogP contribution < -0.4 is 33.6 Å². The van der Waals surface area contributed by atoms with Crippen LogP contribution in [0.3, 0.4) is 0 Å². The molecule has 2 unspecified atom stereocenters. The summed E-state index contributed by atoms with van der Waals surface area (Å²) in [5.74, 6) is 0. The molecule has 0 aromatic rings. The third kappa shape index (κ3) is 9.37. The Morgan fingerprint density at radius 2 is 1.50 bits per heavy atom. The molecule has 3 aliphatic rings. The lowest BCUT2D eigenvalue weighted by molar-refractivity contribution is -0.333. The summed E-state index contributed by atoms with van der Waals surface area (Å²) in [6.45, 7) is -0.757. The van der Waals surface area contributed by atoms with Crippen LogP contribution in [0.1, 0.15) is 12.8 Å². The fourth-order valence-electron chi connectivity index (χ4n) is 5.62. The molecule has 270 valence electrons. The van der Waals surface area contributed by atoms with E-state index in [9.17, 15) is 50.9 Å². The maximum Gasteiger partial charge on any atom is 0.341 e. The zero-order valence-corrected chi connectivity index (χ0v) is 25.2. The van der Waals surface area contributed by atoms with Crippen molar-refractivity contribution in [1.82, 2.24) is 15.7 Å². The molecule has 2 aliphatic heterocycles. The minimum absolute atomic E-state index is 0.0769. The summed E-state index contributed by atoms with van der Waals surface area (Å²) in [5, 5.41) is 99.1. The molecule has 0 radical (unpaired) electrons. The minimum Gasteiger partial charge on any atom is -0.394 e. The molecule has 3 rings (SSSR count). The molecule has 0 spiro atoms. The first kappa shape index (κ1) is 39.0. The fraction of sp³-hybridized carbons (Fsp3) is 0.960. The number of aliphatic hydroxyl groups excluding tert-OH is 8. The van der Waals surface area contributed by atoms with Gasteiger partial charge in [0.05, 0.1) is 31.3 Å². The van der Waals surface area contributed by atoms with Crippen LogP contribution in [0.4, 0.5) is 4.79 Å². The summed E-state index contributed by atoms with van der Waals surface area (Å²) < 4.78 is 22.9. The molecule has 0 aromatic carbocycles. The van der Waals surface area contributed by atoms with Crippen LogP contribution in [0.2, 0.25) is 0 Å². The van der Waals surface area contributed by atoms with E-state index in [-0.39, 0.29) is 39.1 Å². The summed E-state index contributed by atoms with van der Waals surface area (Å²) in [6, 6.07) is -4.63. The van der Waals surface area contributed by atoms with E-state index in [1.54, 1.807) is 0 Å². The summed E-state index contributed by atoms with van der Waals surface area (Å²) in [7, 11) is 0. The normalized spacial score (nSPS) is 42.4. The third-order valence-corrected chi connectivity index (χ3v) is 8.32. The zero-order valence-electron chi connectivity index (χ0n) is 25.2. The molecular weight excluding hydrogens is 622 g/mol. The Morgan fingerprint density at radius 1 is 0.870 bits per heavy atom. The standard InChI is InChI=1S/C25H51N7O14/c26-2-1-9(34)6-30-7-12-16(36)18(38)19(39)24(43-12)45-21-10(28)5-11(31-25(41)32(42)4-3-27)22(20(21)40)46-23-17(37)14(29)15(35)13(8-33)44-23/h9-24,30,33-40,42H,1-8,26-29H2,(H,31,41)/t9?,10-,11+,12+,13+,14-,15+,16+,17+,18-,19+,20-,21?,22-,23+,24+/m0/s1. The van der Waals surface area contributed by atoms with Crippen LogP contribution in [0, 0.1) is 0 Å². The molecule has 21 heteroatoms. The molecule has 1 aliphatic carbocycles. The molecule has 16 atom stereocenters. The molecule has 1 saturated carbocycles. The van der Waals surface area contributed by atoms with Gasteiger partial charge in [-0.3, -0.25) is 5.21 Å². The second kappa shape index (κ2) is 17.8. The molecule has 21 nitrogen and oxygen atoms in total. The lowest BCUT2D eigenvalue weighted by atomic mass is 9.83. The minimum atomic E-state index is -1.81. The number of aliphatic hydroxyl groups is 8. The summed E-state index contributed by atoms with van der Waals surface area (Å²) in [5.41, 5.74) is 23.0. The Balaban J connectivity index is 1.80. The van der Waals surface area contributed by atoms with Crippen molar-refractivity contribution in [1.29, 1.82) is 0 Å². The van der Waals surface area contributed by atoms with Crippen molar-refractivity contribution in [3.8, 4) is 0 Å². The Kier molecular flexibility index (Phi) is 15.1. The quantitative estimate of drug-likeness (QED) is 0.0601. The van der Waals surface area contributed by atoms with Gasteiger partial charge >= 0.3 is 6.03 Å². The molecule has 19 N–H and O–H groups in total. The Labute approximate surface area is 264 Å². The summed E-state index contributed by atoms with van der Waals surface area (Å²) >= 11 is 0. The van der Waals surface area contributed by atoms with E-state index < -0.39 is 110 Å². The molecule has 46 heavy (non-hydrogen) atoms. The predicted octanol–water partition coefficient (Wildman–Crippen LogP) is -8.55. The van der Waals surface area contributed by atoms with Gasteiger partial charge in [0, 0.05) is 25.7 Å². The number of nitrogens with zero attached hydrogens (tertiary/aromatic N) is 1. The molecule has 2 heterocycles. The number of rotatable bonds is 14. The van der Waals surface area contributed by atoms with Gasteiger partial charge in [-0.15, -0.1) is 0 Å². The van der Waals surface area contributed by atoms with Crippen molar-refractivity contribution >= 4 is 6.03 Å². The van der Waals surface area contributed by atoms with E-state index in [4.69, 9.17) is 41.9 Å². The van der Waals surface area contributed by atoms with Crippen LogP contribution >= 0.6 is 0 Å². The van der Waals surface area contributed by atoms with Crippen molar-refractivity contribution in [3.63, 3.8) is 0 Å². The Morgan fingerprint density at radius 3 is 2.13 bits per heavy atom. The number of ether oxygens (including phenoxy) is 4. The highest BCUT2D eigenvalue weighted by Gasteiger charge is 2.52. The molecule has 0 aromatic heterocycles. The molecule has 2 amide bonds. The van der Waals surface area contributed by atoms with Gasteiger partial charge in [-0.05, 0) is 19.4 Å². The molecule has 3 fully saturated rings. The average Bonchev–Trinajstić information content (AvgIpc) is 3.01. The van der Waals surface area contributed by atoms with Gasteiger partial charge in [0.1, 0.15) is 61.0 Å². The SMILES string of the molecule is NCCC(O)CNC[C@H]1O[C@H](OC2[C@@H](N)C[C@@H](NC(=O)N(O)CCN)[C@H](O[C@H]3O[C@H](CO)[C@@H](O)[C@H](N)[C@H]3O)[C@H]2O)[C@H](O)[C@@H](O)[C@@H]1O. The second-order valence-electron chi connectivity index (χ2n) is 11.7. The van der Waals surface area contributed by atoms with Gasteiger partial charge in [0.2, 0.25) is 0 Å². The van der Waals surface area contributed by atoms with Gasteiger partial charge in [-0.1, -0.05) is 0 Å². The topological polar surface area (TPSA) is 367 Å². The maximum atomic E-state index is 12.6. The van der Waals surface area contributed by atoms with Crippen LogP contribution in [-0.4, -0.2) is 194 Å². The first-order chi connectivity index (χ1) is 21.7. The monoisotopic (exact) mass is 673 g/mol. The smallest absolute Gasteiger partial charge is 0.341 e. The van der Waals surface area contributed by atoms with Crippen molar-refractivity contribution < 1.29 is 69.8 Å². The maximum absolute atomic E-state index is 12.6. The van der Waals surface area contributed by atoms with Crippen molar-refractivity contribution in [2.75, 3.05) is 39.3 Å². The first-order valence-corrected chi connectivity index (χ1v) is 15.1. The van der Waals surface area contributed by atoms with Crippen molar-refractivity contribution in [2.24, 2.45) is 22.9 Å². The number of carbonyl (C=O) groups excluding carboxylic acids is 1. The van der Waals surface area contributed by atoms with Crippen LogP contribution in [0.15, 0.2) is 0 Å². The van der Waals surface area contributed by atoms with Gasteiger partial charge in [0.15, 0.2) is 12.6 Å². The third-order valence-electron chi connectivity index (χ3n) is 8.32. The molecule has 2 saturated heterocycles. The van der Waals surface area contributed by atoms with Crippen molar-refractivity contribution in [3.05, 3.63) is 0 Å². The summed E-state index contributed by atoms with van der Waals surface area (Å²) in [6.07, 6.45) is -19.3. The number of hydrogen-bond acceptors (Lipinski definition) is 19. The van der Waals surface area contributed by atoms with Gasteiger partial charge in [-0.25, -0.2) is 9.86 Å². The number of hydroxylamine groups is 2. The first-order valence-electron chi connectivity index (χ1n) is 15.1. The number of urea groups is 1. The van der Waals surface area contributed by atoms with E-state index in [0.29, 0.717) is 11.5 Å². The van der Waals surface area contributed by atoms with Crippen LogP contribution in [-0.2, 0) is 18.9 Å². The highest BCUT2D eigenvalue weighted by molar-refractivity contribution is 5.73. The van der Waals surface area contributed by atoms with Gasteiger partial charge < -0.3 is 93.4 Å². The van der Waals surface area contributed by atoms with E-state index in [1.165, 1.54) is 0 Å². The van der Waals surface area contributed by atoms with E-state index in [1.807, 2.05) is 0 Å². The fourth-order valence-corrected chi connectivity index (χ4v) is 5.62. The number of hydrogen-bond donors (Lipinski definition) is 15. The number of nitrogens with one attached hydrogen (secondary N) is 2. The van der Waals surface area contributed by atoms with E-state index >= 15 is 0 Å². The largest absolute Gasteiger partial charge is 0.394 e. The highest BCUT2D eigenvalue weighted by atomic mass is 16.7. The predicted molar refractivity (Wildman–Crippen MR) is 153 cm³/mol. The van der Waals surface area contributed by atoms with Gasteiger partial charge in [-0.2, -0.15) is 0 Å². The van der Waals surface area contributed by atoms with Crippen LogP contribution in [0.5, 0.6) is 0 Å². The highest BCUT2D eigenvalue weighted by Crippen LogP contribution is 2.32. The zero-order chi connectivity index (χ0) is 34.3. The average molecular weight is 674 g/mol. The lowest BCUT2D eigenvalue weighted by Gasteiger charge is -2.49.